The maximum absolute atomic E-state index is 13.4. The van der Waals surface area contributed by atoms with Gasteiger partial charge in [-0.1, -0.05) is 26.0 Å². The first-order valence-corrected chi connectivity index (χ1v) is 10.7. The van der Waals surface area contributed by atoms with Gasteiger partial charge >= 0.3 is 0 Å². The van der Waals surface area contributed by atoms with Gasteiger partial charge in [-0.2, -0.15) is 0 Å². The summed E-state index contributed by atoms with van der Waals surface area (Å²) >= 11 is 0. The van der Waals surface area contributed by atoms with Crippen molar-refractivity contribution in [2.24, 2.45) is 5.92 Å². The number of nitrogens with zero attached hydrogens (tertiary/aromatic N) is 3. The van der Waals surface area contributed by atoms with E-state index in [-0.39, 0.29) is 30.1 Å². The predicted octanol–water partition coefficient (Wildman–Crippen LogP) is 1.71. The number of piperazine rings is 2. The molecule has 2 heterocycles. The number of benzene rings is 1. The quantitative estimate of drug-likeness (QED) is 0.752. The van der Waals surface area contributed by atoms with Gasteiger partial charge in [0.05, 0.1) is 12.5 Å². The van der Waals surface area contributed by atoms with Crippen molar-refractivity contribution in [3.8, 4) is 0 Å². The molecule has 7 heteroatoms. The van der Waals surface area contributed by atoms with E-state index in [2.05, 4.69) is 29.0 Å². The van der Waals surface area contributed by atoms with Gasteiger partial charge in [0.15, 0.2) is 0 Å². The van der Waals surface area contributed by atoms with Crippen LogP contribution in [0, 0.1) is 11.7 Å². The second-order valence-electron chi connectivity index (χ2n) is 8.52. The van der Waals surface area contributed by atoms with E-state index in [1.807, 2.05) is 11.0 Å². The fraction of sp³-hybridized carbons (Fsp3) is 0.636. The van der Waals surface area contributed by atoms with E-state index in [0.29, 0.717) is 32.1 Å². The number of nitrogens with one attached hydrogen (secondary N) is 1. The summed E-state index contributed by atoms with van der Waals surface area (Å²) in [4.78, 5) is 31.5. The second-order valence-corrected chi connectivity index (χ2v) is 8.52. The Morgan fingerprint density at radius 3 is 2.66 bits per heavy atom. The number of hydrogen-bond donors (Lipinski definition) is 1. The normalized spacial score (nSPS) is 21.4. The Hall–Kier alpha value is -1.99. The average Bonchev–Trinajstić information content (AvgIpc) is 2.69. The van der Waals surface area contributed by atoms with Crippen molar-refractivity contribution in [2.75, 3.05) is 45.8 Å². The fourth-order valence-corrected chi connectivity index (χ4v) is 4.02. The van der Waals surface area contributed by atoms with Crippen molar-refractivity contribution < 1.29 is 14.0 Å². The van der Waals surface area contributed by atoms with Crippen LogP contribution in [-0.4, -0.2) is 78.4 Å². The van der Waals surface area contributed by atoms with E-state index < -0.39 is 0 Å². The molecule has 2 fully saturated rings. The smallest absolute Gasteiger partial charge is 0.237 e. The number of rotatable bonds is 7. The summed E-state index contributed by atoms with van der Waals surface area (Å²) < 4.78 is 13.4. The van der Waals surface area contributed by atoms with Crippen molar-refractivity contribution in [1.82, 2.24) is 20.0 Å². The number of carbonyl (C=O) groups is 2. The summed E-state index contributed by atoms with van der Waals surface area (Å²) in [5, 5.41) is 2.91. The van der Waals surface area contributed by atoms with E-state index >= 15 is 0 Å². The van der Waals surface area contributed by atoms with Crippen molar-refractivity contribution in [1.29, 1.82) is 0 Å². The Balaban J connectivity index is 1.49. The Labute approximate surface area is 173 Å². The second kappa shape index (κ2) is 10.2. The summed E-state index contributed by atoms with van der Waals surface area (Å²) in [7, 11) is 0. The minimum Gasteiger partial charge on any atom is -0.353 e. The lowest BCUT2D eigenvalue weighted by molar-refractivity contribution is -0.140. The van der Waals surface area contributed by atoms with Crippen LogP contribution in [0.4, 0.5) is 4.39 Å². The zero-order chi connectivity index (χ0) is 20.8. The van der Waals surface area contributed by atoms with E-state index in [0.717, 1.165) is 38.2 Å². The van der Waals surface area contributed by atoms with Crippen molar-refractivity contribution in [3.05, 3.63) is 35.6 Å². The number of amides is 2. The van der Waals surface area contributed by atoms with Gasteiger partial charge < -0.3 is 10.2 Å². The van der Waals surface area contributed by atoms with Crippen LogP contribution < -0.4 is 5.32 Å². The third-order valence-corrected chi connectivity index (χ3v) is 5.82. The molecule has 0 radical (unpaired) electrons. The number of carbonyl (C=O) groups excluding carboxylic acids is 2. The molecule has 1 aromatic rings. The van der Waals surface area contributed by atoms with E-state index in [1.54, 1.807) is 12.1 Å². The molecule has 1 aromatic carbocycles. The average molecular weight is 405 g/mol. The van der Waals surface area contributed by atoms with Crippen molar-refractivity contribution >= 4 is 11.8 Å². The molecule has 1 N–H and O–H groups in total. The van der Waals surface area contributed by atoms with Crippen LogP contribution in [0.5, 0.6) is 0 Å². The molecule has 160 valence electrons. The maximum Gasteiger partial charge on any atom is 0.237 e. The van der Waals surface area contributed by atoms with Crippen molar-refractivity contribution in [2.45, 2.75) is 39.3 Å². The van der Waals surface area contributed by atoms with Gasteiger partial charge in [0.1, 0.15) is 5.82 Å². The highest BCUT2D eigenvalue weighted by Gasteiger charge is 2.33. The molecule has 29 heavy (non-hydrogen) atoms. The van der Waals surface area contributed by atoms with E-state index in [4.69, 9.17) is 0 Å². The highest BCUT2D eigenvalue weighted by atomic mass is 19.1. The molecule has 0 bridgehead atoms. The highest BCUT2D eigenvalue weighted by molar-refractivity contribution is 5.88. The Kier molecular flexibility index (Phi) is 7.61. The minimum absolute atomic E-state index is 0.0295. The highest BCUT2D eigenvalue weighted by Crippen LogP contribution is 2.15. The molecular formula is C22H33FN4O2. The first-order valence-electron chi connectivity index (χ1n) is 10.7. The molecule has 0 aliphatic carbocycles. The van der Waals surface area contributed by atoms with E-state index in [9.17, 15) is 14.0 Å². The monoisotopic (exact) mass is 404 g/mol. The summed E-state index contributed by atoms with van der Waals surface area (Å²) in [6.45, 7) is 10.2. The molecule has 1 atom stereocenters. The molecule has 3 rings (SSSR count). The van der Waals surface area contributed by atoms with Gasteiger partial charge in [0.2, 0.25) is 11.8 Å². The van der Waals surface area contributed by atoms with Crippen LogP contribution in [0.15, 0.2) is 24.3 Å². The summed E-state index contributed by atoms with van der Waals surface area (Å²) in [6, 6.07) is 6.30. The summed E-state index contributed by atoms with van der Waals surface area (Å²) in [5.41, 5.74) is 0.949. The fourth-order valence-electron chi connectivity index (χ4n) is 4.02. The largest absolute Gasteiger partial charge is 0.353 e. The molecule has 2 amide bonds. The SMILES string of the molecule is CC(C)CCN1CCNC(=O)C1CC(=O)N1CCN(Cc2cccc(F)c2)CC1. The van der Waals surface area contributed by atoms with Crippen LogP contribution >= 0.6 is 0 Å². The zero-order valence-electron chi connectivity index (χ0n) is 17.6. The molecule has 6 nitrogen and oxygen atoms in total. The van der Waals surface area contributed by atoms with Crippen LogP contribution in [0.3, 0.4) is 0 Å². The summed E-state index contributed by atoms with van der Waals surface area (Å²) in [5.74, 6) is 0.372. The Morgan fingerprint density at radius 1 is 1.21 bits per heavy atom. The van der Waals surface area contributed by atoms with Crippen LogP contribution in [-0.2, 0) is 16.1 Å². The molecule has 2 aliphatic heterocycles. The Bertz CT molecular complexity index is 704. The molecular weight excluding hydrogens is 371 g/mol. The first-order chi connectivity index (χ1) is 13.9. The standard InChI is InChI=1S/C22H33FN4O2/c1-17(2)6-8-26-9-7-24-22(29)20(26)15-21(28)27-12-10-25(11-13-27)16-18-4-3-5-19(23)14-18/h3-5,14,17,20H,6-13,15-16H2,1-2H3,(H,24,29). The lowest BCUT2D eigenvalue weighted by Crippen LogP contribution is -2.57. The van der Waals surface area contributed by atoms with Crippen LogP contribution in [0.25, 0.3) is 0 Å². The third-order valence-electron chi connectivity index (χ3n) is 5.82. The maximum atomic E-state index is 13.4. The van der Waals surface area contributed by atoms with Crippen molar-refractivity contribution in [3.63, 3.8) is 0 Å². The lowest BCUT2D eigenvalue weighted by atomic mass is 10.0. The summed E-state index contributed by atoms with van der Waals surface area (Å²) in [6.07, 6.45) is 1.27. The van der Waals surface area contributed by atoms with Gasteiger partial charge in [0, 0.05) is 45.8 Å². The van der Waals surface area contributed by atoms with Gasteiger partial charge in [-0.25, -0.2) is 4.39 Å². The molecule has 0 aromatic heterocycles. The van der Waals surface area contributed by atoms with Gasteiger partial charge in [0.25, 0.3) is 0 Å². The molecule has 0 spiro atoms. The zero-order valence-corrected chi connectivity index (χ0v) is 17.6. The van der Waals surface area contributed by atoms with Gasteiger partial charge in [-0.3, -0.25) is 19.4 Å². The molecule has 1 unspecified atom stereocenters. The third kappa shape index (κ3) is 6.24. The van der Waals surface area contributed by atoms with Crippen LogP contribution in [0.2, 0.25) is 0 Å². The molecule has 2 aliphatic rings. The predicted molar refractivity (Wildman–Crippen MR) is 111 cm³/mol. The first kappa shape index (κ1) is 21.7. The number of hydrogen-bond acceptors (Lipinski definition) is 4. The lowest BCUT2D eigenvalue weighted by Gasteiger charge is -2.38. The number of halogens is 1. The molecule has 2 saturated heterocycles. The van der Waals surface area contributed by atoms with Crippen LogP contribution in [0.1, 0.15) is 32.3 Å². The van der Waals surface area contributed by atoms with E-state index in [1.165, 1.54) is 6.07 Å². The minimum atomic E-state index is -0.361. The van der Waals surface area contributed by atoms with Gasteiger partial charge in [-0.15, -0.1) is 0 Å². The Morgan fingerprint density at radius 2 is 1.97 bits per heavy atom. The topological polar surface area (TPSA) is 55.9 Å². The van der Waals surface area contributed by atoms with Gasteiger partial charge in [-0.05, 0) is 36.6 Å². The molecule has 0 saturated carbocycles.